The molecule has 0 unspecified atom stereocenters. The summed E-state index contributed by atoms with van der Waals surface area (Å²) in [5, 5.41) is 5.89. The Morgan fingerprint density at radius 2 is 1.49 bits per heavy atom. The zero-order valence-corrected chi connectivity index (χ0v) is 28.9. The number of carbonyl (C=O) groups excluding carboxylic acids is 4. The van der Waals surface area contributed by atoms with E-state index in [4.69, 9.17) is 9.47 Å². The van der Waals surface area contributed by atoms with Crippen LogP contribution >= 0.6 is 0 Å². The summed E-state index contributed by atoms with van der Waals surface area (Å²) in [4.78, 5) is 58.1. The summed E-state index contributed by atoms with van der Waals surface area (Å²) >= 11 is 0. The second-order valence-electron chi connectivity index (χ2n) is 13.5. The van der Waals surface area contributed by atoms with E-state index >= 15 is 0 Å². The number of benzene rings is 2. The van der Waals surface area contributed by atoms with Gasteiger partial charge in [-0.15, -0.1) is 0 Å². The van der Waals surface area contributed by atoms with Crippen molar-refractivity contribution in [3.05, 3.63) is 71.3 Å². The first-order valence-electron chi connectivity index (χ1n) is 17.8. The number of hydrogen-bond acceptors (Lipinski definition) is 7. The molecule has 3 aliphatic heterocycles. The van der Waals surface area contributed by atoms with Gasteiger partial charge in [-0.2, -0.15) is 13.2 Å². The number of amides is 4. The third-order valence-corrected chi connectivity index (χ3v) is 9.96. The number of nitrogens with one attached hydrogen (secondary N) is 2. The van der Waals surface area contributed by atoms with Crippen molar-refractivity contribution in [1.29, 1.82) is 0 Å². The van der Waals surface area contributed by atoms with Gasteiger partial charge in [0.25, 0.3) is 5.91 Å². The van der Waals surface area contributed by atoms with E-state index in [9.17, 15) is 32.3 Å². The van der Waals surface area contributed by atoms with Gasteiger partial charge in [0.1, 0.15) is 6.61 Å². The lowest BCUT2D eigenvalue weighted by molar-refractivity contribution is -0.143. The van der Waals surface area contributed by atoms with Crippen LogP contribution in [-0.4, -0.2) is 117 Å². The average molecular weight is 716 g/mol. The first kappa shape index (κ1) is 38.2. The minimum atomic E-state index is -4.39. The smallest absolute Gasteiger partial charge is 0.377 e. The molecule has 3 fully saturated rings. The Morgan fingerprint density at radius 3 is 2.22 bits per heavy atom. The third kappa shape index (κ3) is 11.5. The lowest BCUT2D eigenvalue weighted by atomic mass is 9.80. The fourth-order valence-corrected chi connectivity index (χ4v) is 7.16. The molecule has 2 N–H and O–H groups in total. The van der Waals surface area contributed by atoms with Gasteiger partial charge in [-0.1, -0.05) is 30.3 Å². The molecule has 0 bridgehead atoms. The SMILES string of the molecule is O=C1C[C@@H]2CCN(Cc3ccc(C(F)(F)F)cc3)C[C@@H]2CCNC(=O)CN(C2CCN(C(=O)c3ccccc3)CC2)C(=O)COCCOCCN1. The minimum Gasteiger partial charge on any atom is -0.377 e. The normalized spacial score (nSPS) is 23.3. The number of nitrogens with zero attached hydrogens (tertiary/aromatic N) is 3. The van der Waals surface area contributed by atoms with Crippen LogP contribution in [0.25, 0.3) is 0 Å². The summed E-state index contributed by atoms with van der Waals surface area (Å²) in [7, 11) is 0. The Bertz CT molecular complexity index is 1450. The average Bonchev–Trinajstić information content (AvgIpc) is 3.12. The maximum Gasteiger partial charge on any atom is 0.416 e. The lowest BCUT2D eigenvalue weighted by Crippen LogP contribution is -2.52. The number of alkyl halides is 3. The highest BCUT2D eigenvalue weighted by Gasteiger charge is 2.34. The van der Waals surface area contributed by atoms with Gasteiger partial charge < -0.3 is 29.9 Å². The highest BCUT2D eigenvalue weighted by molar-refractivity contribution is 5.94. The standard InChI is InChI=1S/C37H48F3N5O6/c38-37(39,40)31-8-6-27(7-9-31)23-43-16-11-29-22-33(46)42-15-19-50-20-21-51-26-35(48)45(25-34(47)41-14-10-30(29)24-43)32-12-17-44(18-13-32)36(49)28-4-2-1-3-5-28/h1-9,29-30,32H,10-26H2,(H,41,47)(H,42,46)/t29-,30-/m0/s1. The van der Waals surface area contributed by atoms with Crippen LogP contribution in [0.5, 0.6) is 0 Å². The predicted molar refractivity (Wildman–Crippen MR) is 182 cm³/mol. The van der Waals surface area contributed by atoms with Gasteiger partial charge in [0.05, 0.1) is 31.9 Å². The maximum atomic E-state index is 13.4. The number of fused-ring (bicyclic) bond motifs is 1. The van der Waals surface area contributed by atoms with E-state index in [1.165, 1.54) is 12.1 Å². The van der Waals surface area contributed by atoms with E-state index in [1.807, 2.05) is 18.2 Å². The number of piperidine rings is 2. The summed E-state index contributed by atoms with van der Waals surface area (Å²) in [6.45, 7) is 3.74. The fraction of sp³-hybridized carbons (Fsp3) is 0.568. The first-order valence-corrected chi connectivity index (χ1v) is 17.8. The maximum absolute atomic E-state index is 13.4. The first-order chi connectivity index (χ1) is 24.6. The Morgan fingerprint density at radius 1 is 0.784 bits per heavy atom. The highest BCUT2D eigenvalue weighted by atomic mass is 19.4. The second-order valence-corrected chi connectivity index (χ2v) is 13.5. The Hall–Kier alpha value is -4.01. The van der Waals surface area contributed by atoms with Crippen LogP contribution in [0.15, 0.2) is 54.6 Å². The van der Waals surface area contributed by atoms with Crippen molar-refractivity contribution in [2.24, 2.45) is 11.8 Å². The van der Waals surface area contributed by atoms with Crippen molar-refractivity contribution < 1.29 is 41.8 Å². The van der Waals surface area contributed by atoms with Crippen molar-refractivity contribution in [3.8, 4) is 0 Å². The molecule has 2 aromatic rings. The summed E-state index contributed by atoms with van der Waals surface area (Å²) in [6, 6.07) is 14.0. The van der Waals surface area contributed by atoms with E-state index in [0.29, 0.717) is 83.7 Å². The van der Waals surface area contributed by atoms with Gasteiger partial charge in [0, 0.05) is 57.3 Å². The Labute approximate surface area is 296 Å². The van der Waals surface area contributed by atoms with Crippen LogP contribution in [0.1, 0.15) is 53.6 Å². The molecule has 0 aromatic heterocycles. The highest BCUT2D eigenvalue weighted by Crippen LogP contribution is 2.32. The van der Waals surface area contributed by atoms with Gasteiger partial charge in [-0.3, -0.25) is 24.1 Å². The molecule has 0 saturated carbocycles. The van der Waals surface area contributed by atoms with Crippen LogP contribution in [0.3, 0.4) is 0 Å². The number of halogens is 3. The molecule has 278 valence electrons. The molecule has 2 atom stereocenters. The van der Waals surface area contributed by atoms with Crippen LogP contribution in [0, 0.1) is 11.8 Å². The zero-order chi connectivity index (χ0) is 36.2. The van der Waals surface area contributed by atoms with Gasteiger partial charge in [0.2, 0.25) is 17.7 Å². The van der Waals surface area contributed by atoms with Crippen molar-refractivity contribution >= 4 is 23.6 Å². The summed E-state index contributed by atoms with van der Waals surface area (Å²) in [5.41, 5.74) is 0.693. The van der Waals surface area contributed by atoms with Gasteiger partial charge in [0.15, 0.2) is 0 Å². The van der Waals surface area contributed by atoms with E-state index < -0.39 is 11.7 Å². The molecule has 0 radical (unpaired) electrons. The number of likely N-dealkylation sites (tertiary alicyclic amines) is 2. The third-order valence-electron chi connectivity index (χ3n) is 9.96. The second kappa shape index (κ2) is 18.5. The zero-order valence-electron chi connectivity index (χ0n) is 28.9. The van der Waals surface area contributed by atoms with Crippen LogP contribution in [0.4, 0.5) is 13.2 Å². The molecule has 4 amide bonds. The molecule has 0 aliphatic carbocycles. The number of rotatable bonds is 4. The van der Waals surface area contributed by atoms with Crippen molar-refractivity contribution in [1.82, 2.24) is 25.3 Å². The fourth-order valence-electron chi connectivity index (χ4n) is 7.16. The molecule has 14 heteroatoms. The largest absolute Gasteiger partial charge is 0.416 e. The summed E-state index contributed by atoms with van der Waals surface area (Å²) in [6.07, 6.45) is -1.69. The quantitative estimate of drug-likeness (QED) is 0.499. The van der Waals surface area contributed by atoms with Crippen LogP contribution in [-0.2, 0) is 36.6 Å². The molecule has 2 aromatic carbocycles. The molecular weight excluding hydrogens is 667 g/mol. The summed E-state index contributed by atoms with van der Waals surface area (Å²) in [5.74, 6) is -0.652. The Kier molecular flexibility index (Phi) is 13.8. The van der Waals surface area contributed by atoms with E-state index in [1.54, 1.807) is 21.9 Å². The predicted octanol–water partition coefficient (Wildman–Crippen LogP) is 3.34. The molecule has 11 nitrogen and oxygen atoms in total. The van der Waals surface area contributed by atoms with Crippen molar-refractivity contribution in [2.75, 3.05) is 72.2 Å². The van der Waals surface area contributed by atoms with Crippen molar-refractivity contribution in [3.63, 3.8) is 0 Å². The van der Waals surface area contributed by atoms with Crippen LogP contribution < -0.4 is 10.6 Å². The molecule has 0 spiro atoms. The molecule has 51 heavy (non-hydrogen) atoms. The summed E-state index contributed by atoms with van der Waals surface area (Å²) < 4.78 is 50.4. The van der Waals surface area contributed by atoms with Gasteiger partial charge >= 0.3 is 6.18 Å². The Balaban J connectivity index is 1.21. The lowest BCUT2D eigenvalue weighted by Gasteiger charge is -2.39. The number of carbonyl (C=O) groups is 4. The van der Waals surface area contributed by atoms with Crippen LogP contribution in [0.2, 0.25) is 0 Å². The molecular formula is C37H48F3N5O6. The molecule has 3 heterocycles. The molecule has 5 rings (SSSR count). The van der Waals surface area contributed by atoms with E-state index in [0.717, 1.165) is 24.1 Å². The number of hydrogen-bond donors (Lipinski definition) is 2. The topological polar surface area (TPSA) is 121 Å². The van der Waals surface area contributed by atoms with E-state index in [2.05, 4.69) is 15.5 Å². The monoisotopic (exact) mass is 715 g/mol. The van der Waals surface area contributed by atoms with Gasteiger partial charge in [-0.25, -0.2) is 0 Å². The van der Waals surface area contributed by atoms with E-state index in [-0.39, 0.29) is 67.9 Å². The number of ether oxygens (including phenoxy) is 2. The minimum absolute atomic E-state index is 0.0511. The van der Waals surface area contributed by atoms with Gasteiger partial charge in [-0.05, 0) is 73.9 Å². The molecule has 3 aliphatic rings. The molecule has 3 saturated heterocycles. The van der Waals surface area contributed by atoms with Crippen molar-refractivity contribution in [2.45, 2.75) is 50.9 Å².